The smallest absolute Gasteiger partial charge is 0.255 e. The van der Waals surface area contributed by atoms with Crippen molar-refractivity contribution < 1.29 is 19.1 Å². The van der Waals surface area contributed by atoms with Gasteiger partial charge in [0.2, 0.25) is 5.28 Å². The van der Waals surface area contributed by atoms with Crippen LogP contribution >= 0.6 is 11.6 Å². The highest BCUT2D eigenvalue weighted by atomic mass is 35.5. The van der Waals surface area contributed by atoms with Crippen LogP contribution in [-0.2, 0) is 32.2 Å². The molecule has 1 N–H and O–H groups in total. The van der Waals surface area contributed by atoms with E-state index in [4.69, 9.17) is 25.9 Å². The molecule has 1 amide bonds. The summed E-state index contributed by atoms with van der Waals surface area (Å²) in [4.78, 5) is 27.9. The maximum atomic E-state index is 13.0. The van der Waals surface area contributed by atoms with E-state index in [0.29, 0.717) is 45.0 Å². The van der Waals surface area contributed by atoms with Gasteiger partial charge in [-0.2, -0.15) is 4.98 Å². The summed E-state index contributed by atoms with van der Waals surface area (Å²) < 4.78 is 10.9. The number of carbonyl (C=O) groups excluding carboxylic acids is 1. The number of aromatic nitrogens is 2. The SMILES string of the molecule is CONc1nc(Cl)nc2c1CN(C(=O)C1(OC)CCOCC1)C2. The van der Waals surface area contributed by atoms with Crippen molar-refractivity contribution in [3.63, 3.8) is 0 Å². The van der Waals surface area contributed by atoms with E-state index in [-0.39, 0.29) is 11.2 Å². The highest BCUT2D eigenvalue weighted by Gasteiger charge is 2.44. The van der Waals surface area contributed by atoms with Crippen LogP contribution in [0.2, 0.25) is 5.28 Å². The van der Waals surface area contributed by atoms with Crippen LogP contribution < -0.4 is 5.48 Å². The second-order valence-corrected chi connectivity index (χ2v) is 5.88. The van der Waals surface area contributed by atoms with Gasteiger partial charge in [0.05, 0.1) is 25.9 Å². The Bertz CT molecular complexity index is 607. The van der Waals surface area contributed by atoms with E-state index in [9.17, 15) is 4.79 Å². The molecule has 0 spiro atoms. The number of nitrogens with zero attached hydrogens (tertiary/aromatic N) is 3. The number of anilines is 1. The van der Waals surface area contributed by atoms with Crippen LogP contribution in [0.3, 0.4) is 0 Å². The molecule has 3 rings (SSSR count). The minimum atomic E-state index is -0.827. The highest BCUT2D eigenvalue weighted by Crippen LogP contribution is 2.33. The Hall–Kier alpha value is -1.48. The van der Waals surface area contributed by atoms with Crippen LogP contribution in [0, 0.1) is 0 Å². The molecule has 8 nitrogen and oxygen atoms in total. The van der Waals surface area contributed by atoms with Gasteiger partial charge in [-0.3, -0.25) is 9.63 Å². The fourth-order valence-electron chi connectivity index (χ4n) is 3.04. The molecular formula is C14H19ClN4O4. The van der Waals surface area contributed by atoms with Crippen molar-refractivity contribution in [2.24, 2.45) is 0 Å². The van der Waals surface area contributed by atoms with E-state index < -0.39 is 5.60 Å². The lowest BCUT2D eigenvalue weighted by atomic mass is 9.92. The van der Waals surface area contributed by atoms with Crippen LogP contribution in [0.4, 0.5) is 5.82 Å². The molecule has 9 heteroatoms. The molecule has 1 fully saturated rings. The van der Waals surface area contributed by atoms with E-state index in [2.05, 4.69) is 15.4 Å². The molecule has 0 unspecified atom stereocenters. The lowest BCUT2D eigenvalue weighted by Crippen LogP contribution is -2.51. The molecule has 2 aliphatic rings. The molecule has 0 aliphatic carbocycles. The van der Waals surface area contributed by atoms with E-state index in [1.165, 1.54) is 7.11 Å². The van der Waals surface area contributed by atoms with Crippen molar-refractivity contribution in [3.05, 3.63) is 16.5 Å². The van der Waals surface area contributed by atoms with Crippen molar-refractivity contribution >= 4 is 23.3 Å². The molecule has 1 aromatic heterocycles. The fourth-order valence-corrected chi connectivity index (χ4v) is 3.23. The third-order valence-corrected chi connectivity index (χ3v) is 4.49. The minimum Gasteiger partial charge on any atom is -0.381 e. The van der Waals surface area contributed by atoms with Crippen molar-refractivity contribution in [1.29, 1.82) is 0 Å². The summed E-state index contributed by atoms with van der Waals surface area (Å²) in [6, 6.07) is 0. The third kappa shape index (κ3) is 2.99. The van der Waals surface area contributed by atoms with Crippen LogP contribution in [0.15, 0.2) is 0 Å². The number of hydrogen-bond acceptors (Lipinski definition) is 7. The zero-order valence-electron chi connectivity index (χ0n) is 13.1. The van der Waals surface area contributed by atoms with Gasteiger partial charge < -0.3 is 14.4 Å². The molecule has 0 radical (unpaired) electrons. The van der Waals surface area contributed by atoms with Gasteiger partial charge in [-0.1, -0.05) is 0 Å². The molecule has 0 saturated carbocycles. The summed E-state index contributed by atoms with van der Waals surface area (Å²) >= 11 is 5.93. The molecule has 23 heavy (non-hydrogen) atoms. The zero-order chi connectivity index (χ0) is 16.4. The monoisotopic (exact) mass is 342 g/mol. The lowest BCUT2D eigenvalue weighted by Gasteiger charge is -2.37. The van der Waals surface area contributed by atoms with E-state index in [1.807, 2.05) is 0 Å². The first-order valence-electron chi connectivity index (χ1n) is 7.36. The molecule has 0 aromatic carbocycles. The number of halogens is 1. The largest absolute Gasteiger partial charge is 0.381 e. The van der Waals surface area contributed by atoms with E-state index >= 15 is 0 Å². The average Bonchev–Trinajstić information content (AvgIpc) is 2.99. The molecular weight excluding hydrogens is 324 g/mol. The second-order valence-electron chi connectivity index (χ2n) is 5.54. The molecule has 1 aromatic rings. The first-order chi connectivity index (χ1) is 11.1. The molecule has 126 valence electrons. The first kappa shape index (κ1) is 16.4. The Kier molecular flexibility index (Phi) is 4.67. The van der Waals surface area contributed by atoms with Gasteiger partial charge in [0.15, 0.2) is 11.4 Å². The summed E-state index contributed by atoms with van der Waals surface area (Å²) in [6.07, 6.45) is 1.09. The standard InChI is InChI=1S/C14H19ClN4O4/c1-21-14(3-5-23-6-4-14)12(20)19-7-9-10(8-19)16-13(15)17-11(9)18-22-2/h3-8H2,1-2H3,(H,16,17,18). The predicted molar refractivity (Wildman–Crippen MR) is 81.7 cm³/mol. The topological polar surface area (TPSA) is 85.8 Å². The van der Waals surface area contributed by atoms with Gasteiger partial charge in [-0.25, -0.2) is 10.5 Å². The molecule has 0 atom stereocenters. The number of fused-ring (bicyclic) bond motifs is 1. The minimum absolute atomic E-state index is 0.0548. The summed E-state index contributed by atoms with van der Waals surface area (Å²) in [7, 11) is 3.06. The van der Waals surface area contributed by atoms with Gasteiger partial charge in [-0.05, 0) is 11.6 Å². The number of nitrogens with one attached hydrogen (secondary N) is 1. The highest BCUT2D eigenvalue weighted by molar-refractivity contribution is 6.28. The van der Waals surface area contributed by atoms with Crippen LogP contribution in [0.25, 0.3) is 0 Å². The van der Waals surface area contributed by atoms with Crippen molar-refractivity contribution in [2.45, 2.75) is 31.5 Å². The predicted octanol–water partition coefficient (Wildman–Crippen LogP) is 1.14. The maximum Gasteiger partial charge on any atom is 0.255 e. The van der Waals surface area contributed by atoms with E-state index in [0.717, 1.165) is 11.3 Å². The van der Waals surface area contributed by atoms with Crippen molar-refractivity contribution in [2.75, 3.05) is 32.9 Å². The van der Waals surface area contributed by atoms with Gasteiger partial charge >= 0.3 is 0 Å². The molecule has 1 saturated heterocycles. The van der Waals surface area contributed by atoms with Gasteiger partial charge in [0, 0.05) is 38.7 Å². The van der Waals surface area contributed by atoms with Gasteiger partial charge in [0.25, 0.3) is 5.91 Å². The quantitative estimate of drug-likeness (QED) is 0.648. The van der Waals surface area contributed by atoms with Gasteiger partial charge in [-0.15, -0.1) is 0 Å². The maximum absolute atomic E-state index is 13.0. The summed E-state index contributed by atoms with van der Waals surface area (Å²) in [6.45, 7) is 1.80. The number of rotatable bonds is 4. The number of hydrogen-bond donors (Lipinski definition) is 1. The second kappa shape index (κ2) is 6.56. The Labute approximate surface area is 139 Å². The fraction of sp³-hybridized carbons (Fsp3) is 0.643. The summed E-state index contributed by atoms with van der Waals surface area (Å²) in [5.74, 6) is 0.428. The van der Waals surface area contributed by atoms with Gasteiger partial charge in [0.1, 0.15) is 0 Å². The number of ether oxygens (including phenoxy) is 2. The Balaban J connectivity index is 1.83. The van der Waals surface area contributed by atoms with Crippen molar-refractivity contribution in [1.82, 2.24) is 14.9 Å². The average molecular weight is 343 g/mol. The zero-order valence-corrected chi connectivity index (χ0v) is 13.9. The Morgan fingerprint density at radius 3 is 2.70 bits per heavy atom. The van der Waals surface area contributed by atoms with E-state index in [1.54, 1.807) is 12.0 Å². The van der Waals surface area contributed by atoms with Crippen LogP contribution in [0.5, 0.6) is 0 Å². The molecule has 2 aliphatic heterocycles. The molecule has 3 heterocycles. The number of carbonyl (C=O) groups is 1. The lowest BCUT2D eigenvalue weighted by molar-refractivity contribution is -0.167. The number of amides is 1. The normalized spacial score (nSPS) is 19.5. The van der Waals surface area contributed by atoms with Crippen LogP contribution in [0.1, 0.15) is 24.1 Å². The third-order valence-electron chi connectivity index (χ3n) is 4.32. The first-order valence-corrected chi connectivity index (χ1v) is 7.74. The van der Waals surface area contributed by atoms with Crippen LogP contribution in [-0.4, -0.2) is 53.8 Å². The molecule has 0 bridgehead atoms. The Morgan fingerprint density at radius 1 is 1.30 bits per heavy atom. The summed E-state index contributed by atoms with van der Waals surface area (Å²) in [5.41, 5.74) is 3.39. The van der Waals surface area contributed by atoms with Crippen molar-refractivity contribution in [3.8, 4) is 0 Å². The Morgan fingerprint density at radius 2 is 2.04 bits per heavy atom. The summed E-state index contributed by atoms with van der Waals surface area (Å²) in [5, 5.41) is 0.116. The number of methoxy groups -OCH3 is 1.